The van der Waals surface area contributed by atoms with Crippen molar-refractivity contribution in [3.63, 3.8) is 0 Å². The van der Waals surface area contributed by atoms with E-state index in [1.54, 1.807) is 6.07 Å². The molecule has 9 heteroatoms. The molecular formula is C20H17F4N3O2. The van der Waals surface area contributed by atoms with E-state index in [-0.39, 0.29) is 34.6 Å². The number of hydrogen-bond donors (Lipinski definition) is 0. The van der Waals surface area contributed by atoms with E-state index < -0.39 is 29.4 Å². The normalized spacial score (nSPS) is 17.7. The predicted molar refractivity (Wildman–Crippen MR) is 95.8 cm³/mol. The van der Waals surface area contributed by atoms with Gasteiger partial charge in [0.15, 0.2) is 0 Å². The second-order valence-electron chi connectivity index (χ2n) is 7.13. The quantitative estimate of drug-likeness (QED) is 0.578. The van der Waals surface area contributed by atoms with E-state index in [9.17, 15) is 22.4 Å². The first-order valence-corrected chi connectivity index (χ1v) is 9.13. The van der Waals surface area contributed by atoms with Crippen LogP contribution in [0.4, 0.5) is 17.6 Å². The van der Waals surface area contributed by atoms with Crippen LogP contribution in [0.3, 0.4) is 0 Å². The first kappa shape index (κ1) is 19.4. The van der Waals surface area contributed by atoms with Crippen molar-refractivity contribution in [1.29, 1.82) is 0 Å². The highest BCUT2D eigenvalue weighted by Crippen LogP contribution is 2.40. The average Bonchev–Trinajstić information content (AvgIpc) is 3.10. The highest BCUT2D eigenvalue weighted by molar-refractivity contribution is 5.94. The molecule has 1 saturated heterocycles. The molecule has 2 aromatic heterocycles. The SMILES string of the molecule is Cc1cc(C(F)(F)F)c2c(C3CCCN(C(=O)c4ccccc4F)C3)noc2n1. The summed E-state index contributed by atoms with van der Waals surface area (Å²) in [5.74, 6) is -1.59. The van der Waals surface area contributed by atoms with Crippen molar-refractivity contribution in [2.75, 3.05) is 13.1 Å². The van der Waals surface area contributed by atoms with Crippen molar-refractivity contribution >= 4 is 17.0 Å². The van der Waals surface area contributed by atoms with Crippen molar-refractivity contribution in [1.82, 2.24) is 15.0 Å². The lowest BCUT2D eigenvalue weighted by molar-refractivity contribution is -0.136. The molecule has 0 saturated carbocycles. The number of piperidine rings is 1. The number of carbonyl (C=O) groups is 1. The van der Waals surface area contributed by atoms with Crippen molar-refractivity contribution in [2.24, 2.45) is 0 Å². The largest absolute Gasteiger partial charge is 0.417 e. The molecule has 1 amide bonds. The molecule has 0 N–H and O–H groups in total. The summed E-state index contributed by atoms with van der Waals surface area (Å²) in [5.41, 5.74) is -0.788. The highest BCUT2D eigenvalue weighted by Gasteiger charge is 2.38. The molecule has 0 aliphatic carbocycles. The van der Waals surface area contributed by atoms with Gasteiger partial charge < -0.3 is 9.42 Å². The van der Waals surface area contributed by atoms with Crippen molar-refractivity contribution in [2.45, 2.75) is 31.9 Å². The molecular weight excluding hydrogens is 390 g/mol. The molecule has 5 nitrogen and oxygen atoms in total. The van der Waals surface area contributed by atoms with Gasteiger partial charge >= 0.3 is 6.18 Å². The zero-order chi connectivity index (χ0) is 20.8. The number of alkyl halides is 3. The number of carbonyl (C=O) groups excluding carboxylic acids is 1. The number of aryl methyl sites for hydroxylation is 1. The summed E-state index contributed by atoms with van der Waals surface area (Å²) in [6, 6.07) is 6.60. The maximum atomic E-state index is 14.0. The van der Waals surface area contributed by atoms with Gasteiger partial charge in [-0.1, -0.05) is 17.3 Å². The molecule has 3 heterocycles. The summed E-state index contributed by atoms with van der Waals surface area (Å²) in [7, 11) is 0. The van der Waals surface area contributed by atoms with E-state index in [1.165, 1.54) is 30.0 Å². The number of pyridine rings is 1. The number of hydrogen-bond acceptors (Lipinski definition) is 4. The lowest BCUT2D eigenvalue weighted by atomic mass is 9.91. The second-order valence-corrected chi connectivity index (χ2v) is 7.13. The third kappa shape index (κ3) is 3.56. The van der Waals surface area contributed by atoms with E-state index in [0.29, 0.717) is 19.4 Å². The highest BCUT2D eigenvalue weighted by atomic mass is 19.4. The number of benzene rings is 1. The summed E-state index contributed by atoms with van der Waals surface area (Å²) in [5, 5.41) is 3.70. The van der Waals surface area contributed by atoms with Gasteiger partial charge in [0.2, 0.25) is 0 Å². The molecule has 1 unspecified atom stereocenters. The lowest BCUT2D eigenvalue weighted by Gasteiger charge is -2.32. The number of halogens is 4. The van der Waals surface area contributed by atoms with Crippen molar-refractivity contribution < 1.29 is 26.9 Å². The first-order valence-electron chi connectivity index (χ1n) is 9.13. The van der Waals surface area contributed by atoms with Crippen LogP contribution in [0.15, 0.2) is 34.9 Å². The Balaban J connectivity index is 1.70. The maximum Gasteiger partial charge on any atom is 0.417 e. The van der Waals surface area contributed by atoms with Gasteiger partial charge in [-0.05, 0) is 38.0 Å². The van der Waals surface area contributed by atoms with Gasteiger partial charge in [0.25, 0.3) is 11.6 Å². The van der Waals surface area contributed by atoms with Crippen LogP contribution in [-0.4, -0.2) is 34.0 Å². The Kier molecular flexibility index (Phi) is 4.76. The molecule has 0 bridgehead atoms. The second kappa shape index (κ2) is 7.13. The molecule has 1 aromatic carbocycles. The summed E-state index contributed by atoms with van der Waals surface area (Å²) in [4.78, 5) is 18.2. The predicted octanol–water partition coefficient (Wildman–Crippen LogP) is 4.71. The fraction of sp³-hybridized carbons (Fsp3) is 0.350. The van der Waals surface area contributed by atoms with Gasteiger partial charge in [0.05, 0.1) is 22.2 Å². The third-order valence-electron chi connectivity index (χ3n) is 5.11. The molecule has 1 aliphatic rings. The van der Waals surface area contributed by atoms with Crippen LogP contribution in [0.25, 0.3) is 11.1 Å². The fourth-order valence-electron chi connectivity index (χ4n) is 3.79. The number of aromatic nitrogens is 2. The number of rotatable bonds is 2. The molecule has 29 heavy (non-hydrogen) atoms. The first-order chi connectivity index (χ1) is 13.8. The number of amides is 1. The maximum absolute atomic E-state index is 14.0. The van der Waals surface area contributed by atoms with E-state index in [1.807, 2.05) is 0 Å². The molecule has 3 aromatic rings. The van der Waals surface area contributed by atoms with Gasteiger partial charge in [0, 0.05) is 24.7 Å². The van der Waals surface area contributed by atoms with E-state index in [0.717, 1.165) is 6.07 Å². The third-order valence-corrected chi connectivity index (χ3v) is 5.11. The van der Waals surface area contributed by atoms with E-state index >= 15 is 0 Å². The molecule has 4 rings (SSSR count). The van der Waals surface area contributed by atoms with Crippen LogP contribution in [0, 0.1) is 12.7 Å². The summed E-state index contributed by atoms with van der Waals surface area (Å²) in [6.07, 6.45) is -3.50. The van der Waals surface area contributed by atoms with Crippen LogP contribution < -0.4 is 0 Å². The van der Waals surface area contributed by atoms with Crippen LogP contribution in [-0.2, 0) is 6.18 Å². The molecule has 152 valence electrons. The fourth-order valence-corrected chi connectivity index (χ4v) is 3.79. The lowest BCUT2D eigenvalue weighted by Crippen LogP contribution is -2.39. The van der Waals surface area contributed by atoms with Gasteiger partial charge in [0.1, 0.15) is 5.82 Å². The van der Waals surface area contributed by atoms with Crippen molar-refractivity contribution in [3.8, 4) is 0 Å². The molecule has 0 spiro atoms. The minimum atomic E-state index is -4.59. The number of likely N-dealkylation sites (tertiary alicyclic amines) is 1. The Hall–Kier alpha value is -2.97. The van der Waals surface area contributed by atoms with Crippen LogP contribution in [0.2, 0.25) is 0 Å². The smallest absolute Gasteiger partial charge is 0.338 e. The number of nitrogens with zero attached hydrogens (tertiary/aromatic N) is 3. The van der Waals surface area contributed by atoms with Gasteiger partial charge in [-0.3, -0.25) is 4.79 Å². The van der Waals surface area contributed by atoms with Gasteiger partial charge in [-0.25, -0.2) is 9.37 Å². The van der Waals surface area contributed by atoms with Gasteiger partial charge in [-0.2, -0.15) is 13.2 Å². The summed E-state index contributed by atoms with van der Waals surface area (Å²) in [6.45, 7) is 1.97. The Labute approximate surface area is 163 Å². The van der Waals surface area contributed by atoms with Gasteiger partial charge in [-0.15, -0.1) is 0 Å². The molecule has 1 fully saturated rings. The standard InChI is InChI=1S/C20H17F4N3O2/c1-11-9-14(20(22,23)24)16-17(26-29-18(16)25-11)12-5-4-8-27(10-12)19(28)13-6-2-3-7-15(13)21/h2-3,6-7,9,12H,4-5,8,10H2,1H3. The zero-order valence-electron chi connectivity index (χ0n) is 15.5. The summed E-state index contributed by atoms with van der Waals surface area (Å²) >= 11 is 0. The minimum Gasteiger partial charge on any atom is -0.338 e. The van der Waals surface area contributed by atoms with Crippen LogP contribution >= 0.6 is 0 Å². The zero-order valence-corrected chi connectivity index (χ0v) is 15.5. The van der Waals surface area contributed by atoms with Crippen molar-refractivity contribution in [3.05, 3.63) is 58.7 Å². The Morgan fingerprint density at radius 2 is 2.03 bits per heavy atom. The Bertz CT molecular complexity index is 1080. The monoisotopic (exact) mass is 407 g/mol. The molecule has 1 aliphatic heterocycles. The molecule has 1 atom stereocenters. The van der Waals surface area contributed by atoms with E-state index in [4.69, 9.17) is 4.52 Å². The molecule has 0 radical (unpaired) electrons. The summed E-state index contributed by atoms with van der Waals surface area (Å²) < 4.78 is 59.9. The Morgan fingerprint density at radius 3 is 2.76 bits per heavy atom. The van der Waals surface area contributed by atoms with Crippen LogP contribution in [0.5, 0.6) is 0 Å². The Morgan fingerprint density at radius 1 is 1.28 bits per heavy atom. The average molecular weight is 407 g/mol. The minimum absolute atomic E-state index is 0.0635. The topological polar surface area (TPSA) is 59.2 Å². The van der Waals surface area contributed by atoms with Crippen LogP contribution in [0.1, 0.15) is 46.1 Å². The van der Waals surface area contributed by atoms with E-state index in [2.05, 4.69) is 10.1 Å². The number of fused-ring (bicyclic) bond motifs is 1.